The summed E-state index contributed by atoms with van der Waals surface area (Å²) in [4.78, 5) is 2.45. The van der Waals surface area contributed by atoms with Crippen molar-refractivity contribution in [3.63, 3.8) is 0 Å². The van der Waals surface area contributed by atoms with Crippen molar-refractivity contribution in [2.75, 3.05) is 37.8 Å². The van der Waals surface area contributed by atoms with E-state index < -0.39 is 10.0 Å². The van der Waals surface area contributed by atoms with Gasteiger partial charge in [-0.15, -0.1) is 11.6 Å². The first-order valence-electron chi connectivity index (χ1n) is 6.41. The summed E-state index contributed by atoms with van der Waals surface area (Å²) in [7, 11) is -3.12. The lowest BCUT2D eigenvalue weighted by molar-refractivity contribution is 0.162. The Morgan fingerprint density at radius 2 is 1.82 bits per heavy atom. The molecule has 0 aromatic carbocycles. The van der Waals surface area contributed by atoms with Gasteiger partial charge in [-0.1, -0.05) is 0 Å². The summed E-state index contributed by atoms with van der Waals surface area (Å²) < 4.78 is 25.6. The number of halogens is 1. The van der Waals surface area contributed by atoms with Crippen LogP contribution in [-0.4, -0.2) is 61.5 Å². The third-order valence-corrected chi connectivity index (χ3v) is 6.00. The Labute approximate surface area is 109 Å². The van der Waals surface area contributed by atoms with Gasteiger partial charge in [0.05, 0.1) is 5.75 Å². The molecule has 0 aromatic heterocycles. The average molecular weight is 281 g/mol. The Balaban J connectivity index is 1.96. The van der Waals surface area contributed by atoms with Gasteiger partial charge in [-0.2, -0.15) is 0 Å². The second-order valence-electron chi connectivity index (χ2n) is 4.90. The van der Waals surface area contributed by atoms with E-state index in [1.807, 2.05) is 0 Å². The molecule has 0 aliphatic carbocycles. The maximum absolute atomic E-state index is 12.0. The summed E-state index contributed by atoms with van der Waals surface area (Å²) >= 11 is 5.55. The lowest BCUT2D eigenvalue weighted by atomic mass is 10.1. The molecule has 0 bridgehead atoms. The van der Waals surface area contributed by atoms with Gasteiger partial charge < -0.3 is 0 Å². The number of sulfonamides is 1. The first-order valence-corrected chi connectivity index (χ1v) is 8.56. The zero-order valence-electron chi connectivity index (χ0n) is 10.1. The Morgan fingerprint density at radius 3 is 2.47 bits per heavy atom. The van der Waals surface area contributed by atoms with Crippen LogP contribution in [0.25, 0.3) is 0 Å². The van der Waals surface area contributed by atoms with E-state index in [4.69, 9.17) is 11.6 Å². The molecular weight excluding hydrogens is 260 g/mol. The van der Waals surface area contributed by atoms with Crippen LogP contribution in [0.4, 0.5) is 0 Å². The van der Waals surface area contributed by atoms with E-state index in [1.165, 1.54) is 12.8 Å². The van der Waals surface area contributed by atoms with Crippen molar-refractivity contribution in [1.29, 1.82) is 0 Å². The Kier molecular flexibility index (Phi) is 4.69. The van der Waals surface area contributed by atoms with Crippen molar-refractivity contribution < 1.29 is 8.42 Å². The standard InChI is InChI=1S/C11H21ClN2O2S/c12-5-9-17(15,16)14-8-3-4-11(10-14)13-6-1-2-7-13/h11H,1-10H2. The third-order valence-electron chi connectivity index (χ3n) is 3.74. The topological polar surface area (TPSA) is 40.6 Å². The van der Waals surface area contributed by atoms with Crippen molar-refractivity contribution in [2.45, 2.75) is 31.7 Å². The fourth-order valence-corrected chi connectivity index (χ4v) is 4.65. The first-order chi connectivity index (χ1) is 8.13. The zero-order chi connectivity index (χ0) is 12.3. The van der Waals surface area contributed by atoms with Crippen LogP contribution in [0.3, 0.4) is 0 Å². The van der Waals surface area contributed by atoms with E-state index in [9.17, 15) is 8.42 Å². The van der Waals surface area contributed by atoms with E-state index in [2.05, 4.69) is 4.90 Å². The minimum Gasteiger partial charge on any atom is -0.299 e. The highest BCUT2D eigenvalue weighted by Gasteiger charge is 2.32. The van der Waals surface area contributed by atoms with Gasteiger partial charge in [-0.3, -0.25) is 4.90 Å². The van der Waals surface area contributed by atoms with Gasteiger partial charge in [0, 0.05) is 25.0 Å². The molecule has 0 aromatic rings. The van der Waals surface area contributed by atoms with Crippen LogP contribution in [0.5, 0.6) is 0 Å². The lowest BCUT2D eigenvalue weighted by Gasteiger charge is -2.36. The molecular formula is C11H21ClN2O2S. The molecule has 0 amide bonds. The molecule has 2 aliphatic rings. The van der Waals surface area contributed by atoms with Crippen molar-refractivity contribution in [3.05, 3.63) is 0 Å². The Hall–Kier alpha value is 0.160. The van der Waals surface area contributed by atoms with Crippen LogP contribution in [-0.2, 0) is 10.0 Å². The summed E-state index contributed by atoms with van der Waals surface area (Å²) in [5.41, 5.74) is 0. The number of hydrogen-bond acceptors (Lipinski definition) is 3. The summed E-state index contributed by atoms with van der Waals surface area (Å²) in [6.07, 6.45) is 4.62. The van der Waals surface area contributed by atoms with Crippen LogP contribution in [0.1, 0.15) is 25.7 Å². The van der Waals surface area contributed by atoms with Gasteiger partial charge in [0.25, 0.3) is 0 Å². The molecule has 2 saturated heterocycles. The van der Waals surface area contributed by atoms with Gasteiger partial charge in [-0.25, -0.2) is 12.7 Å². The summed E-state index contributed by atoms with van der Waals surface area (Å²) in [5, 5.41) is 0. The number of piperidine rings is 1. The second-order valence-corrected chi connectivity index (χ2v) is 7.37. The highest BCUT2D eigenvalue weighted by Crippen LogP contribution is 2.22. The molecule has 100 valence electrons. The Morgan fingerprint density at radius 1 is 1.12 bits per heavy atom. The molecule has 0 radical (unpaired) electrons. The molecule has 17 heavy (non-hydrogen) atoms. The second kappa shape index (κ2) is 5.87. The maximum Gasteiger partial charge on any atom is 0.215 e. The molecule has 6 heteroatoms. The van der Waals surface area contributed by atoms with Crippen LogP contribution < -0.4 is 0 Å². The van der Waals surface area contributed by atoms with Crippen molar-refractivity contribution >= 4 is 21.6 Å². The molecule has 2 heterocycles. The van der Waals surface area contributed by atoms with Gasteiger partial charge in [-0.05, 0) is 38.8 Å². The fraction of sp³-hybridized carbons (Fsp3) is 1.00. The Bertz CT molecular complexity index is 341. The van der Waals surface area contributed by atoms with Crippen molar-refractivity contribution in [3.8, 4) is 0 Å². The number of likely N-dealkylation sites (tertiary alicyclic amines) is 1. The number of alkyl halides is 1. The maximum atomic E-state index is 12.0. The fourth-order valence-electron chi connectivity index (χ4n) is 2.80. The van der Waals surface area contributed by atoms with Crippen LogP contribution in [0, 0.1) is 0 Å². The zero-order valence-corrected chi connectivity index (χ0v) is 11.7. The highest BCUT2D eigenvalue weighted by atomic mass is 35.5. The molecule has 0 N–H and O–H groups in total. The highest BCUT2D eigenvalue weighted by molar-refractivity contribution is 7.89. The van der Waals surface area contributed by atoms with E-state index in [1.54, 1.807) is 4.31 Å². The van der Waals surface area contributed by atoms with Crippen LogP contribution >= 0.6 is 11.6 Å². The molecule has 2 aliphatic heterocycles. The largest absolute Gasteiger partial charge is 0.299 e. The average Bonchev–Trinajstić information content (AvgIpc) is 2.82. The number of rotatable bonds is 4. The SMILES string of the molecule is O=S(=O)(CCCl)N1CCCC(N2CCCC2)C1. The molecule has 0 spiro atoms. The first kappa shape index (κ1) is 13.6. The molecule has 1 unspecified atom stereocenters. The predicted octanol–water partition coefficient (Wildman–Crippen LogP) is 1.12. The van der Waals surface area contributed by atoms with Gasteiger partial charge in [0.15, 0.2) is 0 Å². The number of hydrogen-bond donors (Lipinski definition) is 0. The third kappa shape index (κ3) is 3.34. The lowest BCUT2D eigenvalue weighted by Crippen LogP contribution is -2.49. The molecule has 4 nitrogen and oxygen atoms in total. The summed E-state index contributed by atoms with van der Waals surface area (Å²) in [6, 6.07) is 0.427. The van der Waals surface area contributed by atoms with Crippen LogP contribution in [0.15, 0.2) is 0 Å². The quantitative estimate of drug-likeness (QED) is 0.725. The van der Waals surface area contributed by atoms with E-state index in [-0.39, 0.29) is 11.6 Å². The molecule has 0 saturated carbocycles. The molecule has 2 fully saturated rings. The minimum atomic E-state index is -3.12. The number of nitrogens with zero attached hydrogens (tertiary/aromatic N) is 2. The normalized spacial score (nSPS) is 28.6. The monoisotopic (exact) mass is 280 g/mol. The van der Waals surface area contributed by atoms with E-state index >= 15 is 0 Å². The van der Waals surface area contributed by atoms with Crippen molar-refractivity contribution in [2.24, 2.45) is 0 Å². The van der Waals surface area contributed by atoms with E-state index in [0.29, 0.717) is 19.1 Å². The predicted molar refractivity (Wildman–Crippen MR) is 69.9 cm³/mol. The molecule has 2 rings (SSSR count). The smallest absolute Gasteiger partial charge is 0.215 e. The van der Waals surface area contributed by atoms with Crippen molar-refractivity contribution in [1.82, 2.24) is 9.21 Å². The van der Waals surface area contributed by atoms with Crippen LogP contribution in [0.2, 0.25) is 0 Å². The summed E-state index contributed by atoms with van der Waals surface area (Å²) in [5.74, 6) is 0.258. The minimum absolute atomic E-state index is 0.0707. The van der Waals surface area contributed by atoms with Gasteiger partial charge in [0.2, 0.25) is 10.0 Å². The molecule has 1 atom stereocenters. The van der Waals surface area contributed by atoms with E-state index in [0.717, 1.165) is 25.9 Å². The van der Waals surface area contributed by atoms with Gasteiger partial charge >= 0.3 is 0 Å². The van der Waals surface area contributed by atoms with Gasteiger partial charge in [0.1, 0.15) is 0 Å². The summed E-state index contributed by atoms with van der Waals surface area (Å²) in [6.45, 7) is 3.60.